The summed E-state index contributed by atoms with van der Waals surface area (Å²) in [7, 11) is 0. The first-order valence-corrected chi connectivity index (χ1v) is 4.99. The molecule has 0 aliphatic rings. The van der Waals surface area contributed by atoms with Crippen molar-refractivity contribution in [3.05, 3.63) is 23.9 Å². The molecule has 2 heteroatoms. The number of pyridine rings is 1. The first-order valence-electron chi connectivity index (χ1n) is 4.99. The summed E-state index contributed by atoms with van der Waals surface area (Å²) in [5, 5.41) is 3.31. The molecule has 0 amide bonds. The van der Waals surface area contributed by atoms with Crippen molar-refractivity contribution in [3.63, 3.8) is 0 Å². The predicted molar refractivity (Wildman–Crippen MR) is 57.0 cm³/mol. The van der Waals surface area contributed by atoms with E-state index >= 15 is 0 Å². The lowest BCUT2D eigenvalue weighted by atomic mass is 10.2. The van der Waals surface area contributed by atoms with E-state index in [0.29, 0.717) is 0 Å². The van der Waals surface area contributed by atoms with Gasteiger partial charge in [-0.2, -0.15) is 0 Å². The van der Waals surface area contributed by atoms with Gasteiger partial charge in [-0.25, -0.2) is 4.98 Å². The van der Waals surface area contributed by atoms with Gasteiger partial charge in [0.05, 0.1) is 0 Å². The molecular formula is C11H18N2. The average Bonchev–Trinajstić information content (AvgIpc) is 2.13. The molecule has 0 aromatic carbocycles. The van der Waals surface area contributed by atoms with Crippen LogP contribution in [0.2, 0.25) is 0 Å². The fourth-order valence-electron chi connectivity index (χ4n) is 1.22. The normalized spacial score (nSPS) is 10.0. The quantitative estimate of drug-likeness (QED) is 0.701. The summed E-state index contributed by atoms with van der Waals surface area (Å²) >= 11 is 0. The van der Waals surface area contributed by atoms with Crippen molar-refractivity contribution in [2.24, 2.45) is 0 Å². The molecule has 0 radical (unpaired) electrons. The smallest absolute Gasteiger partial charge is 0.126 e. The van der Waals surface area contributed by atoms with Crippen LogP contribution in [0, 0.1) is 6.92 Å². The summed E-state index contributed by atoms with van der Waals surface area (Å²) in [6, 6.07) is 4.09. The van der Waals surface area contributed by atoms with Gasteiger partial charge in [0.15, 0.2) is 0 Å². The van der Waals surface area contributed by atoms with Gasteiger partial charge in [-0.3, -0.25) is 0 Å². The topological polar surface area (TPSA) is 24.9 Å². The van der Waals surface area contributed by atoms with Crippen LogP contribution in [0.5, 0.6) is 0 Å². The van der Waals surface area contributed by atoms with Gasteiger partial charge >= 0.3 is 0 Å². The number of nitrogens with zero attached hydrogens (tertiary/aromatic N) is 1. The first kappa shape index (κ1) is 10.0. The largest absolute Gasteiger partial charge is 0.370 e. The fraction of sp³-hybridized carbons (Fsp3) is 0.545. The van der Waals surface area contributed by atoms with E-state index in [0.717, 1.165) is 12.4 Å². The van der Waals surface area contributed by atoms with Gasteiger partial charge in [-0.15, -0.1) is 0 Å². The van der Waals surface area contributed by atoms with Crippen molar-refractivity contribution in [2.45, 2.75) is 33.1 Å². The van der Waals surface area contributed by atoms with E-state index < -0.39 is 0 Å². The van der Waals surface area contributed by atoms with Gasteiger partial charge in [0.2, 0.25) is 0 Å². The van der Waals surface area contributed by atoms with Crippen LogP contribution in [-0.2, 0) is 0 Å². The van der Waals surface area contributed by atoms with Crippen LogP contribution in [0.25, 0.3) is 0 Å². The molecule has 0 atom stereocenters. The number of hydrogen-bond acceptors (Lipinski definition) is 2. The Balaban J connectivity index is 2.28. The van der Waals surface area contributed by atoms with Gasteiger partial charge in [0.25, 0.3) is 0 Å². The van der Waals surface area contributed by atoms with E-state index in [9.17, 15) is 0 Å². The molecule has 1 aromatic heterocycles. The highest BCUT2D eigenvalue weighted by Crippen LogP contribution is 2.05. The van der Waals surface area contributed by atoms with Crippen LogP contribution in [0.1, 0.15) is 31.7 Å². The molecule has 13 heavy (non-hydrogen) atoms. The van der Waals surface area contributed by atoms with E-state index in [-0.39, 0.29) is 0 Å². The number of hydrogen-bond donors (Lipinski definition) is 1. The van der Waals surface area contributed by atoms with E-state index in [4.69, 9.17) is 0 Å². The molecule has 1 N–H and O–H groups in total. The molecule has 0 fully saturated rings. The second-order valence-electron chi connectivity index (χ2n) is 3.35. The van der Waals surface area contributed by atoms with E-state index in [2.05, 4.69) is 30.2 Å². The summed E-state index contributed by atoms with van der Waals surface area (Å²) < 4.78 is 0. The Morgan fingerprint density at radius 2 is 2.23 bits per heavy atom. The maximum atomic E-state index is 4.23. The number of rotatable bonds is 5. The molecular weight excluding hydrogens is 160 g/mol. The molecule has 0 aliphatic carbocycles. The Hall–Kier alpha value is -1.05. The molecule has 2 nitrogen and oxygen atoms in total. The zero-order valence-electron chi connectivity index (χ0n) is 8.51. The summed E-state index contributed by atoms with van der Waals surface area (Å²) in [6.45, 7) is 5.33. The zero-order chi connectivity index (χ0) is 9.52. The molecule has 0 aliphatic heterocycles. The predicted octanol–water partition coefficient (Wildman–Crippen LogP) is 2.99. The number of anilines is 1. The van der Waals surface area contributed by atoms with Gasteiger partial charge in [0.1, 0.15) is 5.82 Å². The maximum Gasteiger partial charge on any atom is 0.126 e. The summed E-state index contributed by atoms with van der Waals surface area (Å²) in [6.07, 6.45) is 5.63. The minimum Gasteiger partial charge on any atom is -0.370 e. The maximum absolute atomic E-state index is 4.23. The molecule has 0 spiro atoms. The first-order chi connectivity index (χ1) is 6.33. The van der Waals surface area contributed by atoms with Crippen molar-refractivity contribution >= 4 is 5.82 Å². The standard InChI is InChI=1S/C11H18N2/c1-3-4-5-7-12-11-9-10(2)6-8-13-11/h6,8-9H,3-5,7H2,1-2H3,(H,12,13). The fourth-order valence-corrected chi connectivity index (χ4v) is 1.22. The van der Waals surface area contributed by atoms with Crippen LogP contribution in [-0.4, -0.2) is 11.5 Å². The van der Waals surface area contributed by atoms with E-state index in [1.54, 1.807) is 0 Å². The highest BCUT2D eigenvalue weighted by atomic mass is 15.0. The second-order valence-corrected chi connectivity index (χ2v) is 3.35. The molecule has 0 saturated heterocycles. The lowest BCUT2D eigenvalue weighted by Crippen LogP contribution is -2.02. The lowest BCUT2D eigenvalue weighted by Gasteiger charge is -2.04. The van der Waals surface area contributed by atoms with Crippen molar-refractivity contribution in [1.29, 1.82) is 0 Å². The Labute approximate surface area is 80.4 Å². The lowest BCUT2D eigenvalue weighted by molar-refractivity contribution is 0.742. The number of unbranched alkanes of at least 4 members (excludes halogenated alkanes) is 2. The Morgan fingerprint density at radius 3 is 2.92 bits per heavy atom. The molecule has 1 aromatic rings. The van der Waals surface area contributed by atoms with Crippen LogP contribution in [0.4, 0.5) is 5.82 Å². The molecule has 0 bridgehead atoms. The van der Waals surface area contributed by atoms with Crippen molar-refractivity contribution in [1.82, 2.24) is 4.98 Å². The van der Waals surface area contributed by atoms with Crippen molar-refractivity contribution in [2.75, 3.05) is 11.9 Å². The second kappa shape index (κ2) is 5.57. The molecule has 72 valence electrons. The van der Waals surface area contributed by atoms with E-state index in [1.165, 1.54) is 24.8 Å². The van der Waals surface area contributed by atoms with E-state index in [1.807, 2.05) is 12.3 Å². The monoisotopic (exact) mass is 178 g/mol. The SMILES string of the molecule is CCCCCNc1cc(C)ccn1. The van der Waals surface area contributed by atoms with Gasteiger partial charge in [-0.1, -0.05) is 19.8 Å². The van der Waals surface area contributed by atoms with Crippen LogP contribution in [0.15, 0.2) is 18.3 Å². The molecule has 1 heterocycles. The highest BCUT2D eigenvalue weighted by Gasteiger charge is 1.92. The number of aryl methyl sites for hydroxylation is 1. The summed E-state index contributed by atoms with van der Waals surface area (Å²) in [4.78, 5) is 4.23. The van der Waals surface area contributed by atoms with Gasteiger partial charge in [0, 0.05) is 12.7 Å². The van der Waals surface area contributed by atoms with Crippen LogP contribution >= 0.6 is 0 Å². The Bertz CT molecular complexity index is 246. The Kier molecular flexibility index (Phi) is 4.30. The Morgan fingerprint density at radius 1 is 1.38 bits per heavy atom. The summed E-state index contributed by atoms with van der Waals surface area (Å²) in [5.41, 5.74) is 1.26. The minimum atomic E-state index is 0.996. The molecule has 0 unspecified atom stereocenters. The van der Waals surface area contributed by atoms with Gasteiger partial charge in [-0.05, 0) is 31.0 Å². The third-order valence-electron chi connectivity index (χ3n) is 2.00. The third kappa shape index (κ3) is 3.92. The van der Waals surface area contributed by atoms with Crippen LogP contribution < -0.4 is 5.32 Å². The minimum absolute atomic E-state index is 0.996. The molecule has 0 saturated carbocycles. The van der Waals surface area contributed by atoms with Crippen LogP contribution in [0.3, 0.4) is 0 Å². The summed E-state index contributed by atoms with van der Waals surface area (Å²) in [5.74, 6) is 0.996. The van der Waals surface area contributed by atoms with Crippen molar-refractivity contribution in [3.8, 4) is 0 Å². The number of nitrogens with one attached hydrogen (secondary N) is 1. The number of aromatic nitrogens is 1. The van der Waals surface area contributed by atoms with Gasteiger partial charge < -0.3 is 5.32 Å². The third-order valence-corrected chi connectivity index (χ3v) is 2.00. The van der Waals surface area contributed by atoms with Crippen molar-refractivity contribution < 1.29 is 0 Å². The average molecular weight is 178 g/mol. The molecule has 1 rings (SSSR count). The zero-order valence-corrected chi connectivity index (χ0v) is 8.51. The highest BCUT2D eigenvalue weighted by molar-refractivity contribution is 5.36.